The summed E-state index contributed by atoms with van der Waals surface area (Å²) >= 11 is 6.09. The van der Waals surface area contributed by atoms with Crippen molar-refractivity contribution in [3.8, 4) is 0 Å². The second-order valence-electron chi connectivity index (χ2n) is 4.14. The van der Waals surface area contributed by atoms with Gasteiger partial charge in [-0.25, -0.2) is 5.43 Å². The van der Waals surface area contributed by atoms with Gasteiger partial charge in [-0.1, -0.05) is 11.6 Å². The normalized spacial score (nSPS) is 14.1. The molecule has 1 atom stereocenters. The van der Waals surface area contributed by atoms with E-state index in [4.69, 9.17) is 22.2 Å². The van der Waals surface area contributed by atoms with E-state index in [0.29, 0.717) is 11.6 Å². The molecule has 1 unspecified atom stereocenters. The maximum atomic E-state index is 6.09. The van der Waals surface area contributed by atoms with Crippen LogP contribution in [-0.4, -0.2) is 22.0 Å². The predicted molar refractivity (Wildman–Crippen MR) is 64.0 cm³/mol. The average molecular weight is 247 g/mol. The Hall–Kier alpha value is -0.620. The highest BCUT2D eigenvalue weighted by Gasteiger charge is 2.34. The lowest BCUT2D eigenvalue weighted by atomic mass is 9.96. The molecule has 0 aliphatic rings. The van der Waals surface area contributed by atoms with E-state index in [1.165, 1.54) is 0 Å². The van der Waals surface area contributed by atoms with E-state index >= 15 is 0 Å². The van der Waals surface area contributed by atoms with Crippen LogP contribution in [0, 0.1) is 0 Å². The summed E-state index contributed by atoms with van der Waals surface area (Å²) < 4.78 is 7.38. The zero-order chi connectivity index (χ0) is 12.3. The van der Waals surface area contributed by atoms with Gasteiger partial charge in [0.25, 0.3) is 0 Å². The first kappa shape index (κ1) is 13.4. The molecule has 0 aromatic carbocycles. The third-order valence-corrected chi connectivity index (χ3v) is 2.88. The van der Waals surface area contributed by atoms with Crippen molar-refractivity contribution in [1.29, 1.82) is 0 Å². The standard InChI is InChI=1S/C10H19ClN4O/c1-5-16-10(2,3)9(14-12)8-7(11)6-13-15(8)4/h6,9,14H,5,12H2,1-4H3. The minimum atomic E-state index is -0.457. The summed E-state index contributed by atoms with van der Waals surface area (Å²) in [6.07, 6.45) is 1.60. The van der Waals surface area contributed by atoms with Crippen LogP contribution in [0.1, 0.15) is 32.5 Å². The number of nitrogens with one attached hydrogen (secondary N) is 1. The van der Waals surface area contributed by atoms with Gasteiger partial charge in [-0.2, -0.15) is 5.10 Å². The molecule has 0 bridgehead atoms. The monoisotopic (exact) mass is 246 g/mol. The van der Waals surface area contributed by atoms with Gasteiger partial charge in [0.05, 0.1) is 28.6 Å². The number of hydrazine groups is 1. The zero-order valence-corrected chi connectivity index (χ0v) is 10.9. The molecule has 3 N–H and O–H groups in total. The molecule has 92 valence electrons. The molecule has 1 rings (SSSR count). The summed E-state index contributed by atoms with van der Waals surface area (Å²) in [6.45, 7) is 6.48. The third-order valence-electron chi connectivity index (χ3n) is 2.59. The van der Waals surface area contributed by atoms with Gasteiger partial charge in [0, 0.05) is 13.7 Å². The molecular weight excluding hydrogens is 228 g/mol. The van der Waals surface area contributed by atoms with Gasteiger partial charge in [0.15, 0.2) is 0 Å². The fraction of sp³-hybridized carbons (Fsp3) is 0.700. The highest BCUT2D eigenvalue weighted by atomic mass is 35.5. The molecule has 0 amide bonds. The molecule has 0 aliphatic heterocycles. The molecule has 0 radical (unpaired) electrons. The first-order valence-electron chi connectivity index (χ1n) is 5.21. The van der Waals surface area contributed by atoms with Crippen LogP contribution in [0.3, 0.4) is 0 Å². The molecule has 0 saturated heterocycles. The van der Waals surface area contributed by atoms with Crippen molar-refractivity contribution < 1.29 is 4.74 Å². The predicted octanol–water partition coefficient (Wildman–Crippen LogP) is 1.39. The summed E-state index contributed by atoms with van der Waals surface area (Å²) in [5, 5.41) is 4.67. The van der Waals surface area contributed by atoms with Crippen molar-refractivity contribution >= 4 is 11.6 Å². The molecule has 5 nitrogen and oxygen atoms in total. The van der Waals surface area contributed by atoms with E-state index in [2.05, 4.69) is 10.5 Å². The summed E-state index contributed by atoms with van der Waals surface area (Å²) in [5.74, 6) is 5.59. The van der Waals surface area contributed by atoms with E-state index in [9.17, 15) is 0 Å². The highest BCUT2D eigenvalue weighted by Crippen LogP contribution is 2.32. The molecule has 16 heavy (non-hydrogen) atoms. The molecule has 1 aromatic heterocycles. The minimum absolute atomic E-state index is 0.215. The van der Waals surface area contributed by atoms with Crippen LogP contribution < -0.4 is 11.3 Å². The quantitative estimate of drug-likeness (QED) is 0.609. The Morgan fingerprint density at radius 2 is 2.31 bits per heavy atom. The van der Waals surface area contributed by atoms with Gasteiger partial charge in [-0.3, -0.25) is 10.5 Å². The number of hydrogen-bond acceptors (Lipinski definition) is 4. The van der Waals surface area contributed by atoms with Crippen molar-refractivity contribution in [3.63, 3.8) is 0 Å². The van der Waals surface area contributed by atoms with Crippen LogP contribution in [0.25, 0.3) is 0 Å². The van der Waals surface area contributed by atoms with Gasteiger partial charge < -0.3 is 4.74 Å². The van der Waals surface area contributed by atoms with E-state index in [1.807, 2.05) is 27.8 Å². The second kappa shape index (κ2) is 5.14. The number of nitrogens with zero attached hydrogens (tertiary/aromatic N) is 2. The van der Waals surface area contributed by atoms with Crippen molar-refractivity contribution in [1.82, 2.24) is 15.2 Å². The first-order chi connectivity index (χ1) is 7.44. The van der Waals surface area contributed by atoms with Crippen molar-refractivity contribution in [3.05, 3.63) is 16.9 Å². The lowest BCUT2D eigenvalue weighted by Crippen LogP contribution is -2.45. The summed E-state index contributed by atoms with van der Waals surface area (Å²) in [7, 11) is 1.83. The summed E-state index contributed by atoms with van der Waals surface area (Å²) in [5.41, 5.74) is 3.11. The smallest absolute Gasteiger partial charge is 0.0927 e. The molecule has 6 heteroatoms. The first-order valence-corrected chi connectivity index (χ1v) is 5.59. The molecule has 0 aliphatic carbocycles. The highest BCUT2D eigenvalue weighted by molar-refractivity contribution is 6.31. The molecule has 0 fully saturated rings. The maximum Gasteiger partial charge on any atom is 0.0927 e. The molecule has 1 aromatic rings. The Bertz CT molecular complexity index is 331. The zero-order valence-electron chi connectivity index (χ0n) is 10.1. The van der Waals surface area contributed by atoms with Crippen LogP contribution in [0.15, 0.2) is 6.20 Å². The van der Waals surface area contributed by atoms with E-state index in [-0.39, 0.29) is 6.04 Å². The molecule has 1 heterocycles. The lowest BCUT2D eigenvalue weighted by molar-refractivity contribution is -0.0410. The van der Waals surface area contributed by atoms with Crippen molar-refractivity contribution in [2.75, 3.05) is 6.61 Å². The number of nitrogens with two attached hydrogens (primary N) is 1. The van der Waals surface area contributed by atoms with Gasteiger partial charge in [0.2, 0.25) is 0 Å². The largest absolute Gasteiger partial charge is 0.374 e. The molecule has 0 spiro atoms. The van der Waals surface area contributed by atoms with Crippen LogP contribution >= 0.6 is 11.6 Å². The Morgan fingerprint density at radius 3 is 2.69 bits per heavy atom. The number of rotatable bonds is 5. The average Bonchev–Trinajstić information content (AvgIpc) is 2.50. The Kier molecular flexibility index (Phi) is 4.32. The van der Waals surface area contributed by atoms with Crippen LogP contribution in [-0.2, 0) is 11.8 Å². The molecule has 0 saturated carbocycles. The van der Waals surface area contributed by atoms with Gasteiger partial charge in [-0.05, 0) is 20.8 Å². The number of aromatic nitrogens is 2. The molecular formula is C10H19ClN4O. The fourth-order valence-electron chi connectivity index (χ4n) is 1.81. The van der Waals surface area contributed by atoms with Crippen molar-refractivity contribution in [2.45, 2.75) is 32.4 Å². The van der Waals surface area contributed by atoms with E-state index in [1.54, 1.807) is 10.9 Å². The fourth-order valence-corrected chi connectivity index (χ4v) is 2.08. The second-order valence-corrected chi connectivity index (χ2v) is 4.54. The van der Waals surface area contributed by atoms with E-state index in [0.717, 1.165) is 5.69 Å². The topological polar surface area (TPSA) is 65.1 Å². The Balaban J connectivity index is 3.07. The van der Waals surface area contributed by atoms with Crippen molar-refractivity contribution in [2.24, 2.45) is 12.9 Å². The number of ether oxygens (including phenoxy) is 1. The number of hydrogen-bond donors (Lipinski definition) is 2. The summed E-state index contributed by atoms with van der Waals surface area (Å²) in [6, 6.07) is -0.215. The van der Waals surface area contributed by atoms with Gasteiger partial charge in [0.1, 0.15) is 0 Å². The number of aryl methyl sites for hydroxylation is 1. The van der Waals surface area contributed by atoms with Crippen LogP contribution in [0.2, 0.25) is 5.02 Å². The third kappa shape index (κ3) is 2.55. The minimum Gasteiger partial charge on any atom is -0.374 e. The van der Waals surface area contributed by atoms with E-state index < -0.39 is 5.60 Å². The lowest BCUT2D eigenvalue weighted by Gasteiger charge is -2.33. The maximum absolute atomic E-state index is 6.09. The summed E-state index contributed by atoms with van der Waals surface area (Å²) in [4.78, 5) is 0. The van der Waals surface area contributed by atoms with Gasteiger partial charge in [-0.15, -0.1) is 0 Å². The van der Waals surface area contributed by atoms with Crippen LogP contribution in [0.4, 0.5) is 0 Å². The number of halogens is 1. The SMILES string of the molecule is CCOC(C)(C)C(NN)c1c(Cl)cnn1C. The van der Waals surface area contributed by atoms with Gasteiger partial charge >= 0.3 is 0 Å². The van der Waals surface area contributed by atoms with Crippen LogP contribution in [0.5, 0.6) is 0 Å². The Morgan fingerprint density at radius 1 is 1.69 bits per heavy atom. The Labute approximate surface area is 101 Å².